The molecular formula is C16H18N2O2. The maximum Gasteiger partial charge on any atom is 0.230 e. The Bertz CT molecular complexity index is 651. The second-order valence-corrected chi connectivity index (χ2v) is 4.95. The van der Waals surface area contributed by atoms with Crippen molar-refractivity contribution in [3.63, 3.8) is 0 Å². The zero-order valence-electron chi connectivity index (χ0n) is 11.9. The largest absolute Gasteiger partial charge is 0.508 e. The van der Waals surface area contributed by atoms with Crippen LogP contribution in [-0.2, 0) is 11.2 Å². The van der Waals surface area contributed by atoms with E-state index in [1.54, 1.807) is 25.3 Å². The molecule has 0 unspecified atom stereocenters. The molecule has 0 spiro atoms. The molecule has 1 amide bonds. The summed E-state index contributed by atoms with van der Waals surface area (Å²) in [5.41, 5.74) is 4.07. The Morgan fingerprint density at radius 1 is 1.20 bits per heavy atom. The molecule has 1 aromatic heterocycles. The fraction of sp³-hybridized carbons (Fsp3) is 0.250. The number of aryl methyl sites for hydroxylation is 3. The molecule has 4 nitrogen and oxygen atoms in total. The first-order chi connectivity index (χ1) is 9.47. The molecule has 0 aliphatic carbocycles. The zero-order valence-corrected chi connectivity index (χ0v) is 11.9. The number of carbonyl (C=O) groups excluding carboxylic acids is 1. The van der Waals surface area contributed by atoms with Crippen LogP contribution in [0.15, 0.2) is 30.5 Å². The highest BCUT2D eigenvalue weighted by Gasteiger charge is 2.10. The molecule has 104 valence electrons. The van der Waals surface area contributed by atoms with E-state index in [9.17, 15) is 9.90 Å². The van der Waals surface area contributed by atoms with E-state index in [2.05, 4.69) is 10.3 Å². The van der Waals surface area contributed by atoms with Crippen LogP contribution in [0.5, 0.6) is 5.75 Å². The van der Waals surface area contributed by atoms with E-state index in [1.165, 1.54) is 0 Å². The molecule has 0 saturated carbocycles. The number of amides is 1. The van der Waals surface area contributed by atoms with E-state index in [4.69, 9.17) is 0 Å². The van der Waals surface area contributed by atoms with Crippen LogP contribution in [0, 0.1) is 20.8 Å². The molecule has 1 heterocycles. The number of nitrogens with zero attached hydrogens (tertiary/aromatic N) is 1. The maximum atomic E-state index is 12.1. The summed E-state index contributed by atoms with van der Waals surface area (Å²) in [6.45, 7) is 5.58. The third kappa shape index (κ3) is 3.15. The van der Waals surface area contributed by atoms with Crippen LogP contribution in [0.1, 0.15) is 22.4 Å². The summed E-state index contributed by atoms with van der Waals surface area (Å²) >= 11 is 0. The van der Waals surface area contributed by atoms with Crippen molar-refractivity contribution in [1.82, 2.24) is 4.98 Å². The number of rotatable bonds is 3. The molecule has 0 atom stereocenters. The predicted octanol–water partition coefficient (Wildman–Crippen LogP) is 2.89. The average Bonchev–Trinajstić information content (AvgIpc) is 2.39. The first-order valence-electron chi connectivity index (χ1n) is 6.48. The Morgan fingerprint density at radius 3 is 2.65 bits per heavy atom. The number of hydrogen-bond acceptors (Lipinski definition) is 3. The number of phenolic OH excluding ortho intramolecular Hbond substituents is 1. The zero-order chi connectivity index (χ0) is 14.7. The third-order valence-corrected chi connectivity index (χ3v) is 3.26. The number of pyridine rings is 1. The molecule has 2 N–H and O–H groups in total. The second kappa shape index (κ2) is 5.74. The van der Waals surface area contributed by atoms with Crippen LogP contribution < -0.4 is 5.32 Å². The number of aromatic nitrogens is 1. The van der Waals surface area contributed by atoms with Crippen molar-refractivity contribution < 1.29 is 9.90 Å². The molecule has 0 fully saturated rings. The van der Waals surface area contributed by atoms with E-state index in [0.717, 1.165) is 28.1 Å². The third-order valence-electron chi connectivity index (χ3n) is 3.26. The van der Waals surface area contributed by atoms with Crippen molar-refractivity contribution in [2.45, 2.75) is 27.2 Å². The van der Waals surface area contributed by atoms with Gasteiger partial charge in [-0.2, -0.15) is 0 Å². The van der Waals surface area contributed by atoms with Crippen molar-refractivity contribution in [3.8, 4) is 5.75 Å². The van der Waals surface area contributed by atoms with Crippen molar-refractivity contribution in [2.24, 2.45) is 0 Å². The van der Waals surface area contributed by atoms with Gasteiger partial charge in [-0.1, -0.05) is 6.07 Å². The molecule has 1 aromatic carbocycles. The molecular weight excluding hydrogens is 252 g/mol. The molecule has 20 heavy (non-hydrogen) atoms. The van der Waals surface area contributed by atoms with Gasteiger partial charge in [0.15, 0.2) is 0 Å². The van der Waals surface area contributed by atoms with Crippen LogP contribution in [0.2, 0.25) is 0 Å². The van der Waals surface area contributed by atoms with Gasteiger partial charge >= 0.3 is 0 Å². The summed E-state index contributed by atoms with van der Waals surface area (Å²) < 4.78 is 0. The summed E-state index contributed by atoms with van der Waals surface area (Å²) in [5.74, 6) is 0.126. The highest BCUT2D eigenvalue weighted by atomic mass is 16.3. The number of hydrogen-bond donors (Lipinski definition) is 2. The minimum atomic E-state index is -0.111. The molecule has 0 aliphatic heterocycles. The summed E-state index contributed by atoms with van der Waals surface area (Å²) in [6, 6.07) is 7.21. The van der Waals surface area contributed by atoms with Gasteiger partial charge in [0.25, 0.3) is 0 Å². The summed E-state index contributed by atoms with van der Waals surface area (Å²) in [7, 11) is 0. The number of benzene rings is 1. The van der Waals surface area contributed by atoms with Crippen molar-refractivity contribution in [2.75, 3.05) is 5.32 Å². The lowest BCUT2D eigenvalue weighted by Gasteiger charge is -2.11. The van der Waals surface area contributed by atoms with Gasteiger partial charge in [0, 0.05) is 11.9 Å². The molecule has 0 bridgehead atoms. The smallest absolute Gasteiger partial charge is 0.230 e. The second-order valence-electron chi connectivity index (χ2n) is 4.95. The fourth-order valence-corrected chi connectivity index (χ4v) is 1.99. The van der Waals surface area contributed by atoms with E-state index in [0.29, 0.717) is 0 Å². The van der Waals surface area contributed by atoms with Gasteiger partial charge in [-0.3, -0.25) is 9.78 Å². The molecule has 2 aromatic rings. The molecule has 0 aliphatic rings. The Labute approximate surface area is 118 Å². The summed E-state index contributed by atoms with van der Waals surface area (Å²) in [4.78, 5) is 16.3. The normalized spacial score (nSPS) is 10.3. The standard InChI is InChI=1S/C16H18N2O2/c1-10-5-4-6-17-13(10)9-16(20)18-14-7-12(3)15(19)8-11(14)2/h4-8,19H,9H2,1-3H3,(H,18,20). The Balaban J connectivity index is 2.13. The van der Waals surface area contributed by atoms with Crippen molar-refractivity contribution >= 4 is 11.6 Å². The number of phenols is 1. The molecule has 0 saturated heterocycles. The lowest BCUT2D eigenvalue weighted by atomic mass is 10.1. The van der Waals surface area contributed by atoms with Crippen molar-refractivity contribution in [3.05, 3.63) is 52.8 Å². The monoisotopic (exact) mass is 270 g/mol. The van der Waals surface area contributed by atoms with Gasteiger partial charge < -0.3 is 10.4 Å². The minimum absolute atomic E-state index is 0.111. The van der Waals surface area contributed by atoms with Crippen LogP contribution >= 0.6 is 0 Å². The van der Waals surface area contributed by atoms with Gasteiger partial charge in [0.2, 0.25) is 5.91 Å². The van der Waals surface area contributed by atoms with Crippen LogP contribution in [0.3, 0.4) is 0 Å². The Hall–Kier alpha value is -2.36. The quantitative estimate of drug-likeness (QED) is 0.843. The van der Waals surface area contributed by atoms with E-state index in [-0.39, 0.29) is 18.1 Å². The van der Waals surface area contributed by atoms with Crippen LogP contribution in [-0.4, -0.2) is 16.0 Å². The number of anilines is 1. The molecule has 4 heteroatoms. The van der Waals surface area contributed by atoms with Gasteiger partial charge in [-0.05, 0) is 55.7 Å². The summed E-state index contributed by atoms with van der Waals surface area (Å²) in [5, 5.41) is 12.5. The van der Waals surface area contributed by atoms with Crippen molar-refractivity contribution in [1.29, 1.82) is 0 Å². The van der Waals surface area contributed by atoms with Gasteiger partial charge in [0.1, 0.15) is 5.75 Å². The minimum Gasteiger partial charge on any atom is -0.508 e. The van der Waals surface area contributed by atoms with E-state index in [1.807, 2.05) is 26.0 Å². The number of aromatic hydroxyl groups is 1. The van der Waals surface area contributed by atoms with Gasteiger partial charge in [0.05, 0.1) is 12.1 Å². The van der Waals surface area contributed by atoms with Gasteiger partial charge in [-0.25, -0.2) is 0 Å². The van der Waals surface area contributed by atoms with Gasteiger partial charge in [-0.15, -0.1) is 0 Å². The van der Waals surface area contributed by atoms with Crippen LogP contribution in [0.25, 0.3) is 0 Å². The molecule has 2 rings (SSSR count). The lowest BCUT2D eigenvalue weighted by Crippen LogP contribution is -2.16. The Kier molecular flexibility index (Phi) is 4.03. The van der Waals surface area contributed by atoms with E-state index < -0.39 is 0 Å². The maximum absolute atomic E-state index is 12.1. The first kappa shape index (κ1) is 14.1. The topological polar surface area (TPSA) is 62.2 Å². The fourth-order valence-electron chi connectivity index (χ4n) is 1.99. The molecule has 0 radical (unpaired) electrons. The summed E-state index contributed by atoms with van der Waals surface area (Å²) in [6.07, 6.45) is 1.93. The highest BCUT2D eigenvalue weighted by molar-refractivity contribution is 5.93. The lowest BCUT2D eigenvalue weighted by molar-refractivity contribution is -0.115. The van der Waals surface area contributed by atoms with E-state index >= 15 is 0 Å². The number of carbonyl (C=O) groups is 1. The predicted molar refractivity (Wildman–Crippen MR) is 78.9 cm³/mol. The van der Waals surface area contributed by atoms with Crippen LogP contribution in [0.4, 0.5) is 5.69 Å². The highest BCUT2D eigenvalue weighted by Crippen LogP contribution is 2.25. The average molecular weight is 270 g/mol. The number of nitrogens with one attached hydrogen (secondary N) is 1. The SMILES string of the molecule is Cc1cc(NC(=O)Cc2ncccc2C)c(C)cc1O. The first-order valence-corrected chi connectivity index (χ1v) is 6.48. The Morgan fingerprint density at radius 2 is 1.95 bits per heavy atom.